The molecule has 0 saturated carbocycles. The zero-order chi connectivity index (χ0) is 17.9. The number of carbonyl (C=O) groups is 3. The Balaban J connectivity index is 1.85. The van der Waals surface area contributed by atoms with Gasteiger partial charge in [0, 0.05) is 20.0 Å². The summed E-state index contributed by atoms with van der Waals surface area (Å²) in [7, 11) is 1.52. The highest BCUT2D eigenvalue weighted by Gasteiger charge is 2.31. The van der Waals surface area contributed by atoms with Crippen LogP contribution in [0, 0.1) is 0 Å². The molecule has 9 heteroatoms. The Labute approximate surface area is 136 Å². The molecule has 1 atom stereocenters. The second-order valence-electron chi connectivity index (χ2n) is 5.50. The lowest BCUT2D eigenvalue weighted by atomic mass is 10.1. The van der Waals surface area contributed by atoms with Crippen LogP contribution >= 0.6 is 0 Å². The molecule has 1 aliphatic rings. The van der Waals surface area contributed by atoms with Gasteiger partial charge in [-0.15, -0.1) is 0 Å². The largest absolute Gasteiger partial charge is 0.416 e. The van der Waals surface area contributed by atoms with Gasteiger partial charge in [-0.05, 0) is 24.1 Å². The van der Waals surface area contributed by atoms with E-state index in [2.05, 4.69) is 10.6 Å². The topological polar surface area (TPSA) is 78.5 Å². The number of hydrogen-bond donors (Lipinski definition) is 2. The number of carbonyl (C=O) groups excluding carboxylic acids is 3. The highest BCUT2D eigenvalue weighted by Crippen LogP contribution is 2.29. The van der Waals surface area contributed by atoms with E-state index in [0.717, 1.165) is 12.1 Å². The molecule has 1 saturated heterocycles. The van der Waals surface area contributed by atoms with E-state index < -0.39 is 29.7 Å². The number of alkyl halides is 3. The van der Waals surface area contributed by atoms with Crippen molar-refractivity contribution in [3.8, 4) is 0 Å². The molecule has 0 aliphatic carbocycles. The fourth-order valence-electron chi connectivity index (χ4n) is 2.28. The number of nitrogens with zero attached hydrogens (tertiary/aromatic N) is 1. The van der Waals surface area contributed by atoms with Gasteiger partial charge in [0.2, 0.25) is 5.91 Å². The van der Waals surface area contributed by atoms with Gasteiger partial charge < -0.3 is 10.2 Å². The van der Waals surface area contributed by atoms with Crippen LogP contribution in [0.5, 0.6) is 0 Å². The van der Waals surface area contributed by atoms with Crippen molar-refractivity contribution < 1.29 is 27.6 Å². The monoisotopic (exact) mass is 343 g/mol. The van der Waals surface area contributed by atoms with Gasteiger partial charge in [-0.25, -0.2) is 4.79 Å². The second kappa shape index (κ2) is 6.90. The smallest absolute Gasteiger partial charge is 0.341 e. The van der Waals surface area contributed by atoms with Crippen molar-refractivity contribution in [3.05, 3.63) is 35.4 Å². The van der Waals surface area contributed by atoms with Crippen LogP contribution in [0.1, 0.15) is 24.0 Å². The SMILES string of the molecule is CN(Cc1ccc(C(F)(F)F)cc1)C(=O)CCC1NC(=O)NC1=O. The molecule has 6 nitrogen and oxygen atoms in total. The van der Waals surface area contributed by atoms with Crippen LogP contribution < -0.4 is 10.6 Å². The number of halogens is 3. The van der Waals surface area contributed by atoms with Crippen molar-refractivity contribution in [3.63, 3.8) is 0 Å². The molecular formula is C15H16F3N3O3. The molecule has 1 unspecified atom stereocenters. The molecule has 0 bridgehead atoms. The Morgan fingerprint density at radius 3 is 2.33 bits per heavy atom. The molecule has 0 aromatic heterocycles. The lowest BCUT2D eigenvalue weighted by molar-refractivity contribution is -0.137. The van der Waals surface area contributed by atoms with Gasteiger partial charge in [0.25, 0.3) is 5.91 Å². The number of hydrogen-bond acceptors (Lipinski definition) is 3. The summed E-state index contributed by atoms with van der Waals surface area (Å²) in [6, 6.07) is 3.24. The predicted molar refractivity (Wildman–Crippen MR) is 77.6 cm³/mol. The van der Waals surface area contributed by atoms with Crippen LogP contribution in [-0.4, -0.2) is 35.8 Å². The first-order valence-corrected chi connectivity index (χ1v) is 7.18. The Hall–Kier alpha value is -2.58. The van der Waals surface area contributed by atoms with Gasteiger partial charge in [-0.3, -0.25) is 14.9 Å². The van der Waals surface area contributed by atoms with Crippen molar-refractivity contribution in [2.75, 3.05) is 7.05 Å². The Morgan fingerprint density at radius 1 is 1.21 bits per heavy atom. The number of urea groups is 1. The zero-order valence-electron chi connectivity index (χ0n) is 12.8. The average molecular weight is 343 g/mol. The third-order valence-electron chi connectivity index (χ3n) is 3.63. The van der Waals surface area contributed by atoms with Crippen molar-refractivity contribution in [1.29, 1.82) is 0 Å². The molecule has 1 heterocycles. The number of nitrogens with one attached hydrogen (secondary N) is 2. The van der Waals surface area contributed by atoms with Gasteiger partial charge >= 0.3 is 12.2 Å². The summed E-state index contributed by atoms with van der Waals surface area (Å²) >= 11 is 0. The highest BCUT2D eigenvalue weighted by molar-refractivity contribution is 6.04. The molecule has 130 valence electrons. The van der Waals surface area contributed by atoms with Gasteiger partial charge in [-0.1, -0.05) is 12.1 Å². The molecule has 1 aromatic carbocycles. The molecule has 4 amide bonds. The van der Waals surface area contributed by atoms with Gasteiger partial charge in [0.1, 0.15) is 6.04 Å². The lowest BCUT2D eigenvalue weighted by Crippen LogP contribution is -2.32. The van der Waals surface area contributed by atoms with E-state index in [9.17, 15) is 27.6 Å². The number of imide groups is 1. The van der Waals surface area contributed by atoms with Gasteiger partial charge in [-0.2, -0.15) is 13.2 Å². The van der Waals surface area contributed by atoms with E-state index in [1.807, 2.05) is 0 Å². The maximum atomic E-state index is 12.5. The quantitative estimate of drug-likeness (QED) is 0.798. The minimum Gasteiger partial charge on any atom is -0.341 e. The molecular weight excluding hydrogens is 327 g/mol. The average Bonchev–Trinajstić information content (AvgIpc) is 2.82. The van der Waals surface area contributed by atoms with Crippen LogP contribution in [0.25, 0.3) is 0 Å². The van der Waals surface area contributed by atoms with Crippen molar-refractivity contribution >= 4 is 17.8 Å². The molecule has 1 aliphatic heterocycles. The normalized spacial score (nSPS) is 17.4. The number of benzene rings is 1. The molecule has 24 heavy (non-hydrogen) atoms. The van der Waals surface area contributed by atoms with E-state index in [1.54, 1.807) is 0 Å². The maximum Gasteiger partial charge on any atom is 0.416 e. The molecule has 1 aromatic rings. The van der Waals surface area contributed by atoms with Crippen LogP contribution in [-0.2, 0) is 22.3 Å². The Morgan fingerprint density at radius 2 is 1.83 bits per heavy atom. The van der Waals surface area contributed by atoms with Gasteiger partial charge in [0.15, 0.2) is 0 Å². The van der Waals surface area contributed by atoms with Crippen molar-refractivity contribution in [1.82, 2.24) is 15.5 Å². The second-order valence-corrected chi connectivity index (χ2v) is 5.50. The third-order valence-corrected chi connectivity index (χ3v) is 3.63. The third kappa shape index (κ3) is 4.46. The van der Waals surface area contributed by atoms with E-state index in [1.165, 1.54) is 24.1 Å². The number of amides is 4. The summed E-state index contributed by atoms with van der Waals surface area (Å²) in [5.74, 6) is -0.748. The first-order valence-electron chi connectivity index (χ1n) is 7.18. The van der Waals surface area contributed by atoms with E-state index in [0.29, 0.717) is 5.56 Å². The minimum atomic E-state index is -4.40. The first-order chi connectivity index (χ1) is 11.2. The molecule has 1 fully saturated rings. The highest BCUT2D eigenvalue weighted by atomic mass is 19.4. The minimum absolute atomic E-state index is 0.0372. The summed E-state index contributed by atoms with van der Waals surface area (Å²) in [6.07, 6.45) is -4.20. The molecule has 0 radical (unpaired) electrons. The van der Waals surface area contributed by atoms with Crippen LogP contribution in [0.15, 0.2) is 24.3 Å². The standard InChI is InChI=1S/C15H16F3N3O3/c1-21(8-9-2-4-10(5-3-9)15(16,17)18)12(22)7-6-11-13(23)20-14(24)19-11/h2-5,11H,6-8H2,1H3,(H2,19,20,23,24). The van der Waals surface area contributed by atoms with Crippen LogP contribution in [0.3, 0.4) is 0 Å². The summed E-state index contributed by atoms with van der Waals surface area (Å²) in [6.45, 7) is 0.153. The molecule has 2 N–H and O–H groups in total. The van der Waals surface area contributed by atoms with Crippen molar-refractivity contribution in [2.24, 2.45) is 0 Å². The van der Waals surface area contributed by atoms with E-state index >= 15 is 0 Å². The van der Waals surface area contributed by atoms with Crippen LogP contribution in [0.4, 0.5) is 18.0 Å². The fourth-order valence-corrected chi connectivity index (χ4v) is 2.28. The van der Waals surface area contributed by atoms with Crippen LogP contribution in [0.2, 0.25) is 0 Å². The molecule has 0 spiro atoms. The summed E-state index contributed by atoms with van der Waals surface area (Å²) in [5.41, 5.74) is -0.186. The predicted octanol–water partition coefficient (Wildman–Crippen LogP) is 1.65. The summed E-state index contributed by atoms with van der Waals surface area (Å²) in [4.78, 5) is 35.7. The molecule has 2 rings (SSSR count). The number of rotatable bonds is 5. The summed E-state index contributed by atoms with van der Waals surface area (Å²) < 4.78 is 37.5. The van der Waals surface area contributed by atoms with E-state index in [4.69, 9.17) is 0 Å². The Bertz CT molecular complexity index is 644. The lowest BCUT2D eigenvalue weighted by Gasteiger charge is -2.18. The summed E-state index contributed by atoms with van der Waals surface area (Å²) in [5, 5.41) is 4.46. The first kappa shape index (κ1) is 17.8. The maximum absolute atomic E-state index is 12.5. The Kier molecular flexibility index (Phi) is 5.10. The van der Waals surface area contributed by atoms with Gasteiger partial charge in [0.05, 0.1) is 5.56 Å². The van der Waals surface area contributed by atoms with Crippen molar-refractivity contribution in [2.45, 2.75) is 31.6 Å². The fraction of sp³-hybridized carbons (Fsp3) is 0.400. The zero-order valence-corrected chi connectivity index (χ0v) is 12.8. The van der Waals surface area contributed by atoms with E-state index in [-0.39, 0.29) is 25.3 Å².